The summed E-state index contributed by atoms with van der Waals surface area (Å²) in [5.74, 6) is -0.0691. The average molecular weight is 399 g/mol. The van der Waals surface area contributed by atoms with Gasteiger partial charge in [-0.25, -0.2) is 8.42 Å². The molecule has 0 atom stereocenters. The van der Waals surface area contributed by atoms with Crippen molar-refractivity contribution in [1.29, 1.82) is 0 Å². The summed E-state index contributed by atoms with van der Waals surface area (Å²) in [5.41, 5.74) is 0. The van der Waals surface area contributed by atoms with Crippen molar-refractivity contribution < 1.29 is 13.2 Å². The van der Waals surface area contributed by atoms with Crippen molar-refractivity contribution in [3.63, 3.8) is 0 Å². The third-order valence-corrected chi connectivity index (χ3v) is 8.54. The normalized spacial score (nSPS) is 16.0. The minimum absolute atomic E-state index is 0.0691. The van der Waals surface area contributed by atoms with Crippen LogP contribution in [-0.4, -0.2) is 38.3 Å². The molecule has 3 heterocycles. The highest BCUT2D eigenvalue weighted by atomic mass is 32.2. The van der Waals surface area contributed by atoms with Gasteiger partial charge in [0, 0.05) is 29.4 Å². The van der Waals surface area contributed by atoms with Crippen molar-refractivity contribution in [2.24, 2.45) is 0 Å². The average Bonchev–Trinajstić information content (AvgIpc) is 3.28. The number of thiophene rings is 2. The molecule has 1 saturated heterocycles. The number of rotatable bonds is 7. The van der Waals surface area contributed by atoms with Gasteiger partial charge in [0.25, 0.3) is 10.0 Å². The van der Waals surface area contributed by atoms with Gasteiger partial charge in [0.2, 0.25) is 5.91 Å². The number of piperidine rings is 1. The van der Waals surface area contributed by atoms with Crippen LogP contribution in [0.3, 0.4) is 0 Å². The van der Waals surface area contributed by atoms with Crippen LogP contribution in [0.1, 0.15) is 29.0 Å². The van der Waals surface area contributed by atoms with Gasteiger partial charge in [0.05, 0.1) is 6.42 Å². The smallest absolute Gasteiger partial charge is 0.252 e. The predicted octanol–water partition coefficient (Wildman–Crippen LogP) is 2.89. The molecule has 2 aromatic heterocycles. The van der Waals surface area contributed by atoms with E-state index in [9.17, 15) is 13.2 Å². The molecular formula is C17H22N2O3S3. The number of carbonyl (C=O) groups is 1. The Bertz CT molecular complexity index is 791. The van der Waals surface area contributed by atoms with E-state index in [1.165, 1.54) is 16.2 Å². The van der Waals surface area contributed by atoms with Gasteiger partial charge in [-0.3, -0.25) is 4.79 Å². The molecule has 136 valence electrons. The first-order valence-electron chi connectivity index (χ1n) is 8.43. The van der Waals surface area contributed by atoms with E-state index in [0.29, 0.717) is 23.8 Å². The Morgan fingerprint density at radius 2 is 1.92 bits per heavy atom. The monoisotopic (exact) mass is 398 g/mol. The standard InChI is InChI=1S/C17H22N2O3S3/c20-16(18-9-8-14-5-4-12-23-14)13-15-6-7-17(24-15)25(21,22)19-10-2-1-3-11-19/h4-7,12H,1-3,8-11,13H2,(H,18,20). The third kappa shape index (κ3) is 4.91. The van der Waals surface area contributed by atoms with Gasteiger partial charge < -0.3 is 5.32 Å². The lowest BCUT2D eigenvalue weighted by Gasteiger charge is -2.25. The fourth-order valence-corrected chi connectivity index (χ4v) is 6.56. The second kappa shape index (κ2) is 8.44. The van der Waals surface area contributed by atoms with E-state index in [4.69, 9.17) is 0 Å². The van der Waals surface area contributed by atoms with E-state index in [1.54, 1.807) is 27.8 Å². The van der Waals surface area contributed by atoms with Crippen LogP contribution in [0, 0.1) is 0 Å². The van der Waals surface area contributed by atoms with Gasteiger partial charge in [-0.05, 0) is 42.8 Å². The highest BCUT2D eigenvalue weighted by Crippen LogP contribution is 2.27. The number of hydrogen-bond acceptors (Lipinski definition) is 5. The first kappa shape index (κ1) is 18.6. The molecule has 25 heavy (non-hydrogen) atoms. The highest BCUT2D eigenvalue weighted by molar-refractivity contribution is 7.91. The van der Waals surface area contributed by atoms with E-state index < -0.39 is 10.0 Å². The summed E-state index contributed by atoms with van der Waals surface area (Å²) in [6.45, 7) is 1.79. The zero-order chi connectivity index (χ0) is 17.7. The van der Waals surface area contributed by atoms with Crippen LogP contribution in [-0.2, 0) is 27.7 Å². The Morgan fingerprint density at radius 3 is 2.64 bits per heavy atom. The fourth-order valence-electron chi connectivity index (χ4n) is 2.83. The lowest BCUT2D eigenvalue weighted by molar-refractivity contribution is -0.120. The summed E-state index contributed by atoms with van der Waals surface area (Å²) in [5, 5.41) is 4.92. The molecule has 1 aliphatic rings. The van der Waals surface area contributed by atoms with Gasteiger partial charge in [-0.2, -0.15) is 4.31 Å². The topological polar surface area (TPSA) is 66.5 Å². The minimum atomic E-state index is -3.40. The first-order chi connectivity index (χ1) is 12.1. The summed E-state index contributed by atoms with van der Waals surface area (Å²) in [4.78, 5) is 14.1. The molecule has 0 aromatic carbocycles. The SMILES string of the molecule is O=C(Cc1ccc(S(=O)(=O)N2CCCCC2)s1)NCCc1cccs1. The number of hydrogen-bond donors (Lipinski definition) is 1. The Labute approximate surface area is 156 Å². The first-order valence-corrected chi connectivity index (χ1v) is 11.6. The van der Waals surface area contributed by atoms with Crippen LogP contribution in [0.2, 0.25) is 0 Å². The second-order valence-corrected chi connectivity index (χ2v) is 10.4. The lowest BCUT2D eigenvalue weighted by atomic mass is 10.2. The van der Waals surface area contributed by atoms with Crippen LogP contribution >= 0.6 is 22.7 Å². The Kier molecular flexibility index (Phi) is 6.27. The maximum atomic E-state index is 12.6. The van der Waals surface area contributed by atoms with Crippen molar-refractivity contribution in [1.82, 2.24) is 9.62 Å². The summed E-state index contributed by atoms with van der Waals surface area (Å²) in [6.07, 6.45) is 3.98. The Balaban J connectivity index is 1.53. The van der Waals surface area contributed by atoms with Crippen molar-refractivity contribution in [2.45, 2.75) is 36.3 Å². The highest BCUT2D eigenvalue weighted by Gasteiger charge is 2.27. The van der Waals surface area contributed by atoms with E-state index in [1.807, 2.05) is 17.5 Å². The van der Waals surface area contributed by atoms with E-state index >= 15 is 0 Å². The van der Waals surface area contributed by atoms with Crippen LogP contribution in [0.15, 0.2) is 33.9 Å². The van der Waals surface area contributed by atoms with E-state index in [2.05, 4.69) is 5.32 Å². The summed E-state index contributed by atoms with van der Waals surface area (Å²) in [6, 6.07) is 7.43. The van der Waals surface area contributed by atoms with Gasteiger partial charge in [0.1, 0.15) is 4.21 Å². The zero-order valence-electron chi connectivity index (χ0n) is 13.9. The number of nitrogens with zero attached hydrogens (tertiary/aromatic N) is 1. The number of sulfonamides is 1. The molecule has 1 aliphatic heterocycles. The molecule has 0 radical (unpaired) electrons. The largest absolute Gasteiger partial charge is 0.355 e. The van der Waals surface area contributed by atoms with E-state index in [-0.39, 0.29) is 12.3 Å². The molecule has 0 bridgehead atoms. The summed E-state index contributed by atoms with van der Waals surface area (Å²) >= 11 is 2.88. The van der Waals surface area contributed by atoms with Gasteiger partial charge >= 0.3 is 0 Å². The molecule has 1 N–H and O–H groups in total. The summed E-state index contributed by atoms with van der Waals surface area (Å²) < 4.78 is 27.2. The van der Waals surface area contributed by atoms with Gasteiger partial charge in [-0.1, -0.05) is 12.5 Å². The second-order valence-electron chi connectivity index (χ2n) is 6.04. The zero-order valence-corrected chi connectivity index (χ0v) is 16.4. The Morgan fingerprint density at radius 1 is 1.12 bits per heavy atom. The van der Waals surface area contributed by atoms with Crippen molar-refractivity contribution in [3.05, 3.63) is 39.4 Å². The third-order valence-electron chi connectivity index (χ3n) is 4.15. The molecule has 0 saturated carbocycles. The van der Waals surface area contributed by atoms with E-state index in [0.717, 1.165) is 30.6 Å². The van der Waals surface area contributed by atoms with Gasteiger partial charge in [0.15, 0.2) is 0 Å². The number of carbonyl (C=O) groups excluding carboxylic acids is 1. The molecular weight excluding hydrogens is 376 g/mol. The molecule has 5 nitrogen and oxygen atoms in total. The maximum Gasteiger partial charge on any atom is 0.252 e. The molecule has 3 rings (SSSR count). The van der Waals surface area contributed by atoms with Gasteiger partial charge in [-0.15, -0.1) is 22.7 Å². The van der Waals surface area contributed by atoms with Crippen LogP contribution < -0.4 is 5.32 Å². The number of nitrogens with one attached hydrogen (secondary N) is 1. The fraction of sp³-hybridized carbons (Fsp3) is 0.471. The van der Waals surface area contributed by atoms with Crippen LogP contribution in [0.25, 0.3) is 0 Å². The minimum Gasteiger partial charge on any atom is -0.355 e. The predicted molar refractivity (Wildman–Crippen MR) is 102 cm³/mol. The molecule has 0 spiro atoms. The molecule has 0 aliphatic carbocycles. The quantitative estimate of drug-likeness (QED) is 0.780. The van der Waals surface area contributed by atoms with Crippen molar-refractivity contribution in [2.75, 3.05) is 19.6 Å². The maximum absolute atomic E-state index is 12.6. The molecule has 0 unspecified atom stereocenters. The van der Waals surface area contributed by atoms with Crippen molar-refractivity contribution >= 4 is 38.6 Å². The molecule has 8 heteroatoms. The lowest BCUT2D eigenvalue weighted by Crippen LogP contribution is -2.35. The summed E-state index contributed by atoms with van der Waals surface area (Å²) in [7, 11) is -3.40. The van der Waals surface area contributed by atoms with Crippen LogP contribution in [0.5, 0.6) is 0 Å². The Hall–Kier alpha value is -1.22. The van der Waals surface area contributed by atoms with Crippen LogP contribution in [0.4, 0.5) is 0 Å². The molecule has 1 amide bonds. The number of amides is 1. The molecule has 2 aromatic rings. The molecule has 1 fully saturated rings. The van der Waals surface area contributed by atoms with Crippen molar-refractivity contribution in [3.8, 4) is 0 Å².